The van der Waals surface area contributed by atoms with E-state index in [2.05, 4.69) is 31.1 Å². The first-order valence-electron chi connectivity index (χ1n) is 6.61. The molecule has 0 saturated heterocycles. The summed E-state index contributed by atoms with van der Waals surface area (Å²) in [6, 6.07) is 0. The summed E-state index contributed by atoms with van der Waals surface area (Å²) in [6.07, 6.45) is 3.52. The van der Waals surface area contributed by atoms with Gasteiger partial charge in [0.1, 0.15) is 0 Å². The summed E-state index contributed by atoms with van der Waals surface area (Å²) >= 11 is 0. The van der Waals surface area contributed by atoms with Gasteiger partial charge in [-0.1, -0.05) is 20.3 Å². The van der Waals surface area contributed by atoms with E-state index in [1.165, 1.54) is 13.0 Å². The van der Waals surface area contributed by atoms with Gasteiger partial charge in [0.15, 0.2) is 0 Å². The number of rotatable bonds is 11. The van der Waals surface area contributed by atoms with Crippen LogP contribution in [0.1, 0.15) is 34.5 Å². The smallest absolute Gasteiger partial charge is 0.0478 e. The zero-order chi connectivity index (χ0) is 12.2. The molecule has 0 saturated carbocycles. The van der Waals surface area contributed by atoms with Crippen molar-refractivity contribution in [3.8, 4) is 0 Å². The lowest BCUT2D eigenvalue weighted by Crippen LogP contribution is -2.26. The van der Waals surface area contributed by atoms with Crippen molar-refractivity contribution >= 4 is 0 Å². The highest BCUT2D eigenvalue weighted by Gasteiger charge is 2.03. The fourth-order valence-corrected chi connectivity index (χ4v) is 1.64. The fourth-order valence-electron chi connectivity index (χ4n) is 1.64. The molecule has 0 aliphatic carbocycles. The molecule has 3 nitrogen and oxygen atoms in total. The highest BCUT2D eigenvalue weighted by molar-refractivity contribution is 4.57. The maximum Gasteiger partial charge on any atom is 0.0478 e. The van der Waals surface area contributed by atoms with Crippen LogP contribution in [0.4, 0.5) is 0 Å². The van der Waals surface area contributed by atoms with Crippen LogP contribution in [-0.4, -0.2) is 51.8 Å². The highest BCUT2D eigenvalue weighted by atomic mass is 16.5. The van der Waals surface area contributed by atoms with Crippen LogP contribution in [0.3, 0.4) is 0 Å². The minimum Gasteiger partial charge on any atom is -0.381 e. The van der Waals surface area contributed by atoms with Crippen molar-refractivity contribution in [3.05, 3.63) is 0 Å². The Kier molecular flexibility index (Phi) is 11.3. The largest absolute Gasteiger partial charge is 0.381 e. The van der Waals surface area contributed by atoms with Gasteiger partial charge in [-0.3, -0.25) is 0 Å². The van der Waals surface area contributed by atoms with Crippen molar-refractivity contribution in [2.75, 3.05) is 46.9 Å². The third-order valence-corrected chi connectivity index (χ3v) is 2.86. The van der Waals surface area contributed by atoms with Gasteiger partial charge < -0.3 is 15.0 Å². The Balaban J connectivity index is 0. The molecule has 0 aromatic heterocycles. The van der Waals surface area contributed by atoms with Crippen LogP contribution in [0.2, 0.25) is 0 Å². The molecule has 16 heavy (non-hydrogen) atoms. The van der Waals surface area contributed by atoms with Crippen LogP contribution in [0.25, 0.3) is 0 Å². The molecule has 3 heteroatoms. The average molecular weight is 232 g/mol. The molecule has 0 spiro atoms. The summed E-state index contributed by atoms with van der Waals surface area (Å²) in [4.78, 5) is 2.41. The van der Waals surface area contributed by atoms with Crippen LogP contribution in [0, 0.1) is 5.92 Å². The van der Waals surface area contributed by atoms with E-state index in [1.54, 1.807) is 0 Å². The van der Waals surface area contributed by atoms with Gasteiger partial charge >= 0.3 is 0 Å². The van der Waals surface area contributed by atoms with Crippen LogP contribution in [-0.2, 0) is 4.74 Å². The van der Waals surface area contributed by atoms with Crippen molar-refractivity contribution < 1.29 is 6.16 Å². The first-order valence-corrected chi connectivity index (χ1v) is 6.61. The summed E-state index contributed by atoms with van der Waals surface area (Å²) in [5, 5.41) is 3.12. The first-order chi connectivity index (χ1) is 7.70. The summed E-state index contributed by atoms with van der Waals surface area (Å²) in [7, 11) is 4.18. The molecule has 0 aliphatic heterocycles. The van der Waals surface area contributed by atoms with Crippen molar-refractivity contribution in [2.24, 2.45) is 5.92 Å². The maximum atomic E-state index is 5.55. The molecule has 0 bridgehead atoms. The molecule has 0 amide bonds. The second kappa shape index (κ2) is 11.4. The SMILES string of the molecule is CCC(C)CN(C)CCCOCCCNC.[HH]. The van der Waals surface area contributed by atoms with Crippen molar-refractivity contribution in [3.63, 3.8) is 0 Å². The summed E-state index contributed by atoms with van der Waals surface area (Å²) in [5.74, 6) is 0.807. The van der Waals surface area contributed by atoms with Crippen LogP contribution >= 0.6 is 0 Å². The zero-order valence-electron chi connectivity index (χ0n) is 11.6. The molecule has 0 aliphatic rings. The first kappa shape index (κ1) is 15.9. The number of nitrogens with zero attached hydrogens (tertiary/aromatic N) is 1. The van der Waals surface area contributed by atoms with Gasteiger partial charge in [-0.2, -0.15) is 0 Å². The Labute approximate surface area is 103 Å². The van der Waals surface area contributed by atoms with Crippen molar-refractivity contribution in [2.45, 2.75) is 33.1 Å². The van der Waals surface area contributed by atoms with E-state index >= 15 is 0 Å². The molecule has 1 unspecified atom stereocenters. The Morgan fingerprint density at radius 3 is 2.62 bits per heavy atom. The molecule has 1 N–H and O–H groups in total. The average Bonchev–Trinajstić information content (AvgIpc) is 2.27. The van der Waals surface area contributed by atoms with Gasteiger partial charge in [0, 0.05) is 27.7 Å². The zero-order valence-corrected chi connectivity index (χ0v) is 11.6. The predicted octanol–water partition coefficient (Wildman–Crippen LogP) is 2.23. The number of hydrogen-bond donors (Lipinski definition) is 1. The molecule has 100 valence electrons. The van der Waals surface area contributed by atoms with Gasteiger partial charge in [-0.15, -0.1) is 0 Å². The maximum absolute atomic E-state index is 5.55. The number of hydrogen-bond acceptors (Lipinski definition) is 3. The Morgan fingerprint density at radius 2 is 2.00 bits per heavy atom. The summed E-state index contributed by atoms with van der Waals surface area (Å²) in [5.41, 5.74) is 0. The van der Waals surface area contributed by atoms with E-state index in [0.29, 0.717) is 0 Å². The standard InChI is InChI=1S/C13H30N2O.H2/c1-5-13(2)12-15(4)9-7-11-16-10-6-8-14-3;/h13-14H,5-12H2,1-4H3;1H. The molecule has 0 rings (SSSR count). The summed E-state index contributed by atoms with van der Waals surface area (Å²) < 4.78 is 5.55. The van der Waals surface area contributed by atoms with E-state index in [4.69, 9.17) is 4.74 Å². The van der Waals surface area contributed by atoms with Crippen LogP contribution in [0.15, 0.2) is 0 Å². The summed E-state index contributed by atoms with van der Waals surface area (Å²) in [6.45, 7) is 9.75. The Bertz CT molecular complexity index is 147. The lowest BCUT2D eigenvalue weighted by Gasteiger charge is -2.20. The predicted molar refractivity (Wildman–Crippen MR) is 73.0 cm³/mol. The molecular formula is C13H32N2O. The molecule has 0 heterocycles. The van der Waals surface area contributed by atoms with E-state index in [9.17, 15) is 0 Å². The number of ether oxygens (including phenoxy) is 1. The minimum absolute atomic E-state index is 0. The van der Waals surface area contributed by atoms with Crippen LogP contribution < -0.4 is 5.32 Å². The van der Waals surface area contributed by atoms with Gasteiger partial charge in [-0.05, 0) is 39.4 Å². The van der Waals surface area contributed by atoms with E-state index < -0.39 is 0 Å². The van der Waals surface area contributed by atoms with Gasteiger partial charge in [0.05, 0.1) is 0 Å². The minimum atomic E-state index is 0. The topological polar surface area (TPSA) is 24.5 Å². The Hall–Kier alpha value is -0.120. The highest BCUT2D eigenvalue weighted by Crippen LogP contribution is 2.02. The second-order valence-electron chi connectivity index (χ2n) is 4.70. The van der Waals surface area contributed by atoms with E-state index in [-0.39, 0.29) is 1.43 Å². The fraction of sp³-hybridized carbons (Fsp3) is 1.00. The second-order valence-corrected chi connectivity index (χ2v) is 4.70. The molecule has 0 aromatic carbocycles. The third-order valence-electron chi connectivity index (χ3n) is 2.86. The van der Waals surface area contributed by atoms with E-state index in [0.717, 1.165) is 45.1 Å². The van der Waals surface area contributed by atoms with E-state index in [1.807, 2.05) is 7.05 Å². The molecule has 1 atom stereocenters. The third kappa shape index (κ3) is 10.4. The lowest BCUT2D eigenvalue weighted by atomic mass is 10.1. The van der Waals surface area contributed by atoms with Crippen molar-refractivity contribution in [1.29, 1.82) is 0 Å². The normalized spacial score (nSPS) is 13.3. The van der Waals surface area contributed by atoms with Gasteiger partial charge in [-0.25, -0.2) is 0 Å². The molecule has 0 radical (unpaired) electrons. The molecular weight excluding hydrogens is 200 g/mol. The van der Waals surface area contributed by atoms with Gasteiger partial charge in [0.25, 0.3) is 0 Å². The molecule has 0 aromatic rings. The monoisotopic (exact) mass is 232 g/mol. The van der Waals surface area contributed by atoms with Crippen LogP contribution in [0.5, 0.6) is 0 Å². The van der Waals surface area contributed by atoms with Gasteiger partial charge in [0.2, 0.25) is 0 Å². The Morgan fingerprint density at radius 1 is 1.31 bits per heavy atom. The quantitative estimate of drug-likeness (QED) is 0.553. The number of nitrogens with one attached hydrogen (secondary N) is 1. The van der Waals surface area contributed by atoms with Crippen molar-refractivity contribution in [1.82, 2.24) is 10.2 Å². The molecule has 0 fully saturated rings. The lowest BCUT2D eigenvalue weighted by molar-refractivity contribution is 0.120.